The fraction of sp³-hybridized carbons (Fsp3) is 0.812. The van der Waals surface area contributed by atoms with E-state index in [0.29, 0.717) is 6.42 Å². The van der Waals surface area contributed by atoms with Gasteiger partial charge in [0.25, 0.3) is 0 Å². The molecule has 0 fully saturated rings. The van der Waals surface area contributed by atoms with Crippen molar-refractivity contribution in [3.05, 3.63) is 12.2 Å². The average molecular weight is 254 g/mol. The molecule has 0 aliphatic carbocycles. The Morgan fingerprint density at radius 1 is 1.06 bits per heavy atom. The smallest absolute Gasteiger partial charge is 0.306 e. The first-order valence-electron chi connectivity index (χ1n) is 7.55. The van der Waals surface area contributed by atoms with Gasteiger partial charge in [-0.05, 0) is 39.0 Å². The number of carbonyl (C=O) groups is 1. The summed E-state index contributed by atoms with van der Waals surface area (Å²) in [6, 6.07) is 0. The number of hydrogen-bond acceptors (Lipinski definition) is 2. The first kappa shape index (κ1) is 17.2. The van der Waals surface area contributed by atoms with Gasteiger partial charge in [0.2, 0.25) is 0 Å². The monoisotopic (exact) mass is 254 g/mol. The van der Waals surface area contributed by atoms with Gasteiger partial charge in [-0.3, -0.25) is 4.79 Å². The number of ether oxygens (including phenoxy) is 1. The third-order valence-corrected chi connectivity index (χ3v) is 3.05. The van der Waals surface area contributed by atoms with Gasteiger partial charge in [-0.25, -0.2) is 0 Å². The molecule has 0 saturated heterocycles. The zero-order valence-electron chi connectivity index (χ0n) is 12.4. The molecule has 0 bridgehead atoms. The zero-order chi connectivity index (χ0) is 13.6. The Hall–Kier alpha value is -0.790. The Morgan fingerprint density at radius 2 is 1.72 bits per heavy atom. The van der Waals surface area contributed by atoms with E-state index < -0.39 is 0 Å². The molecule has 2 nitrogen and oxygen atoms in total. The first-order chi connectivity index (χ1) is 8.70. The van der Waals surface area contributed by atoms with Crippen LogP contribution in [0.4, 0.5) is 0 Å². The highest BCUT2D eigenvalue weighted by atomic mass is 16.5. The third kappa shape index (κ3) is 11.7. The molecule has 0 aromatic rings. The largest absolute Gasteiger partial charge is 0.463 e. The highest BCUT2D eigenvalue weighted by molar-refractivity contribution is 5.69. The van der Waals surface area contributed by atoms with Gasteiger partial charge in [0.15, 0.2) is 0 Å². The molecule has 18 heavy (non-hydrogen) atoms. The number of rotatable bonds is 11. The summed E-state index contributed by atoms with van der Waals surface area (Å²) in [6.07, 6.45) is 14.3. The lowest BCUT2D eigenvalue weighted by Gasteiger charge is -2.09. The summed E-state index contributed by atoms with van der Waals surface area (Å²) in [5.74, 6) is -0.0549. The maximum atomic E-state index is 11.4. The molecule has 0 saturated carbocycles. The fourth-order valence-corrected chi connectivity index (χ4v) is 1.66. The lowest BCUT2D eigenvalue weighted by Crippen LogP contribution is -2.13. The van der Waals surface area contributed by atoms with E-state index in [1.165, 1.54) is 32.1 Å². The van der Waals surface area contributed by atoms with Crippen molar-refractivity contribution in [1.29, 1.82) is 0 Å². The molecule has 2 heteroatoms. The second-order valence-corrected chi connectivity index (χ2v) is 4.92. The van der Waals surface area contributed by atoms with Crippen molar-refractivity contribution < 1.29 is 9.53 Å². The van der Waals surface area contributed by atoms with E-state index >= 15 is 0 Å². The molecule has 0 radical (unpaired) electrons. The predicted octanol–water partition coefficient (Wildman–Crippen LogP) is 5.03. The van der Waals surface area contributed by atoms with Crippen LogP contribution in [0.3, 0.4) is 0 Å². The molecule has 0 rings (SSSR count). The quantitative estimate of drug-likeness (QED) is 0.294. The van der Waals surface area contributed by atoms with Crippen molar-refractivity contribution in [3.63, 3.8) is 0 Å². The Balaban J connectivity index is 3.33. The minimum absolute atomic E-state index is 0.0549. The summed E-state index contributed by atoms with van der Waals surface area (Å²) < 4.78 is 5.21. The van der Waals surface area contributed by atoms with Crippen molar-refractivity contribution in [2.24, 2.45) is 0 Å². The van der Waals surface area contributed by atoms with Gasteiger partial charge in [0.1, 0.15) is 0 Å². The van der Waals surface area contributed by atoms with E-state index in [1.807, 2.05) is 13.8 Å². The van der Waals surface area contributed by atoms with Gasteiger partial charge in [0, 0.05) is 6.42 Å². The summed E-state index contributed by atoms with van der Waals surface area (Å²) in [5, 5.41) is 0. The van der Waals surface area contributed by atoms with E-state index in [1.54, 1.807) is 0 Å². The second-order valence-electron chi connectivity index (χ2n) is 4.92. The molecule has 0 amide bonds. The summed E-state index contributed by atoms with van der Waals surface area (Å²) in [6.45, 7) is 6.20. The SMILES string of the molecule is CCCCCC/C=C\CCCC(=O)OC(C)CC. The number of carbonyl (C=O) groups excluding carboxylic acids is 1. The Bertz CT molecular complexity index is 221. The minimum Gasteiger partial charge on any atom is -0.463 e. The number of unbranched alkanes of at least 4 members (excludes halogenated alkanes) is 5. The van der Waals surface area contributed by atoms with E-state index in [-0.39, 0.29) is 12.1 Å². The molecule has 0 spiro atoms. The predicted molar refractivity (Wildman–Crippen MR) is 77.6 cm³/mol. The van der Waals surface area contributed by atoms with Gasteiger partial charge < -0.3 is 4.74 Å². The molecule has 0 aliphatic rings. The van der Waals surface area contributed by atoms with E-state index in [0.717, 1.165) is 19.3 Å². The van der Waals surface area contributed by atoms with Crippen molar-refractivity contribution in [2.45, 2.75) is 84.7 Å². The maximum Gasteiger partial charge on any atom is 0.306 e. The molecule has 1 atom stereocenters. The Kier molecular flexibility index (Phi) is 12.1. The third-order valence-electron chi connectivity index (χ3n) is 3.05. The molecular weight excluding hydrogens is 224 g/mol. The summed E-state index contributed by atoms with van der Waals surface area (Å²) in [4.78, 5) is 11.4. The van der Waals surface area contributed by atoms with Gasteiger partial charge in [0.05, 0.1) is 6.10 Å². The van der Waals surface area contributed by atoms with Crippen LogP contribution in [0.2, 0.25) is 0 Å². The Morgan fingerprint density at radius 3 is 2.33 bits per heavy atom. The average Bonchev–Trinajstić information content (AvgIpc) is 2.36. The van der Waals surface area contributed by atoms with Crippen LogP contribution in [0.5, 0.6) is 0 Å². The van der Waals surface area contributed by atoms with Crippen LogP contribution in [0.1, 0.15) is 78.6 Å². The van der Waals surface area contributed by atoms with Gasteiger partial charge >= 0.3 is 5.97 Å². The molecule has 0 aromatic carbocycles. The van der Waals surface area contributed by atoms with Crippen LogP contribution in [0.15, 0.2) is 12.2 Å². The van der Waals surface area contributed by atoms with E-state index in [9.17, 15) is 4.79 Å². The lowest BCUT2D eigenvalue weighted by molar-refractivity contribution is -0.148. The summed E-state index contributed by atoms with van der Waals surface area (Å²) in [5.41, 5.74) is 0. The number of allylic oxidation sites excluding steroid dienone is 2. The van der Waals surface area contributed by atoms with Gasteiger partial charge in [-0.1, -0.05) is 45.3 Å². The van der Waals surface area contributed by atoms with Crippen LogP contribution in [0.25, 0.3) is 0 Å². The molecule has 0 aromatic heterocycles. The lowest BCUT2D eigenvalue weighted by atomic mass is 10.1. The standard InChI is InChI=1S/C16H30O2/c1-4-6-7-8-9-10-11-12-13-14-16(17)18-15(3)5-2/h10-11,15H,4-9,12-14H2,1-3H3/b11-10-. The zero-order valence-corrected chi connectivity index (χ0v) is 12.4. The maximum absolute atomic E-state index is 11.4. The molecule has 0 aliphatic heterocycles. The van der Waals surface area contributed by atoms with Crippen molar-refractivity contribution in [2.75, 3.05) is 0 Å². The minimum atomic E-state index is -0.0549. The molecule has 106 valence electrons. The normalized spacial score (nSPS) is 12.8. The van der Waals surface area contributed by atoms with Crippen LogP contribution in [-0.4, -0.2) is 12.1 Å². The van der Waals surface area contributed by atoms with Gasteiger partial charge in [-0.15, -0.1) is 0 Å². The van der Waals surface area contributed by atoms with Crippen LogP contribution in [0, 0.1) is 0 Å². The highest BCUT2D eigenvalue weighted by Crippen LogP contribution is 2.06. The molecule has 1 unspecified atom stereocenters. The second kappa shape index (κ2) is 12.7. The van der Waals surface area contributed by atoms with Crippen LogP contribution in [-0.2, 0) is 9.53 Å². The summed E-state index contributed by atoms with van der Waals surface area (Å²) >= 11 is 0. The summed E-state index contributed by atoms with van der Waals surface area (Å²) in [7, 11) is 0. The van der Waals surface area contributed by atoms with Crippen molar-refractivity contribution in [1.82, 2.24) is 0 Å². The van der Waals surface area contributed by atoms with Crippen molar-refractivity contribution >= 4 is 5.97 Å². The van der Waals surface area contributed by atoms with E-state index in [2.05, 4.69) is 19.1 Å². The van der Waals surface area contributed by atoms with Crippen molar-refractivity contribution in [3.8, 4) is 0 Å². The number of esters is 1. The topological polar surface area (TPSA) is 26.3 Å². The first-order valence-corrected chi connectivity index (χ1v) is 7.55. The van der Waals surface area contributed by atoms with Gasteiger partial charge in [-0.2, -0.15) is 0 Å². The molecule has 0 N–H and O–H groups in total. The molecular formula is C16H30O2. The highest BCUT2D eigenvalue weighted by Gasteiger charge is 2.06. The van der Waals surface area contributed by atoms with Crippen LogP contribution < -0.4 is 0 Å². The van der Waals surface area contributed by atoms with E-state index in [4.69, 9.17) is 4.74 Å². The molecule has 0 heterocycles. The fourth-order valence-electron chi connectivity index (χ4n) is 1.66. The number of hydrogen-bond donors (Lipinski definition) is 0. The van der Waals surface area contributed by atoms with Crippen LogP contribution >= 0.6 is 0 Å². The Labute approximate surface area is 113 Å².